The van der Waals surface area contributed by atoms with Gasteiger partial charge in [-0.3, -0.25) is 4.79 Å². The maximum atomic E-state index is 13.7. The zero-order valence-electron chi connectivity index (χ0n) is 16.6. The number of ether oxygens (including phenoxy) is 1. The maximum absolute atomic E-state index is 13.7. The Morgan fingerprint density at radius 3 is 2.23 bits per heavy atom. The monoisotopic (exact) mass is 398 g/mol. The van der Waals surface area contributed by atoms with E-state index in [9.17, 15) is 9.59 Å². The van der Waals surface area contributed by atoms with Gasteiger partial charge in [0, 0.05) is 11.1 Å². The molecule has 3 aromatic carbocycles. The molecular formula is C25H22N2O3. The van der Waals surface area contributed by atoms with E-state index in [1.165, 1.54) is 0 Å². The maximum Gasteiger partial charge on any atom is 0.320 e. The van der Waals surface area contributed by atoms with Gasteiger partial charge in [0.15, 0.2) is 5.78 Å². The fraction of sp³-hybridized carbons (Fsp3) is 0.120. The Morgan fingerprint density at radius 2 is 1.53 bits per heavy atom. The minimum absolute atomic E-state index is 0.154. The molecule has 0 bridgehead atoms. The van der Waals surface area contributed by atoms with E-state index in [0.717, 1.165) is 11.1 Å². The number of ketones is 1. The quantitative estimate of drug-likeness (QED) is 0.590. The summed E-state index contributed by atoms with van der Waals surface area (Å²) >= 11 is 0. The molecule has 0 aromatic heterocycles. The number of benzene rings is 3. The van der Waals surface area contributed by atoms with Crippen LogP contribution in [0.15, 0.2) is 90.5 Å². The summed E-state index contributed by atoms with van der Waals surface area (Å²) in [5.41, 5.74) is 3.04. The Balaban J connectivity index is 1.94. The third-order valence-corrected chi connectivity index (χ3v) is 4.94. The van der Waals surface area contributed by atoms with E-state index in [1.54, 1.807) is 12.1 Å². The molecule has 1 aliphatic rings. The fourth-order valence-corrected chi connectivity index (χ4v) is 3.63. The summed E-state index contributed by atoms with van der Waals surface area (Å²) in [6.07, 6.45) is 0. The molecule has 1 heterocycles. The molecule has 30 heavy (non-hydrogen) atoms. The van der Waals surface area contributed by atoms with E-state index in [-0.39, 0.29) is 11.8 Å². The molecule has 0 saturated heterocycles. The third kappa shape index (κ3) is 3.82. The van der Waals surface area contributed by atoms with E-state index < -0.39 is 6.04 Å². The first-order chi connectivity index (χ1) is 14.7. The second kappa shape index (κ2) is 8.66. The molecule has 2 amide bonds. The number of rotatable bonds is 6. The Bertz CT molecular complexity index is 1090. The van der Waals surface area contributed by atoms with Crippen molar-refractivity contribution < 1.29 is 14.3 Å². The van der Waals surface area contributed by atoms with E-state index in [0.29, 0.717) is 29.2 Å². The van der Waals surface area contributed by atoms with Gasteiger partial charge in [0.1, 0.15) is 5.75 Å². The first kappa shape index (κ1) is 19.5. The number of Topliss-reactive ketones (excluding diaryl/α,β-unsaturated/α-hetero) is 1. The second-order valence-corrected chi connectivity index (χ2v) is 6.85. The molecule has 2 N–H and O–H groups in total. The van der Waals surface area contributed by atoms with Crippen LogP contribution in [0.2, 0.25) is 0 Å². The molecule has 0 unspecified atom stereocenters. The smallest absolute Gasteiger partial charge is 0.320 e. The molecule has 0 spiro atoms. The van der Waals surface area contributed by atoms with Crippen LogP contribution in [-0.4, -0.2) is 18.4 Å². The Morgan fingerprint density at radius 1 is 0.900 bits per heavy atom. The average Bonchev–Trinajstić information content (AvgIpc) is 2.80. The lowest BCUT2D eigenvalue weighted by Crippen LogP contribution is -2.45. The highest BCUT2D eigenvalue weighted by Crippen LogP contribution is 2.37. The molecule has 4 rings (SSSR count). The predicted molar refractivity (Wildman–Crippen MR) is 116 cm³/mol. The predicted octanol–water partition coefficient (Wildman–Crippen LogP) is 4.73. The van der Waals surface area contributed by atoms with Crippen LogP contribution >= 0.6 is 0 Å². The zero-order chi connectivity index (χ0) is 20.9. The van der Waals surface area contributed by atoms with Crippen molar-refractivity contribution in [3.63, 3.8) is 0 Å². The fourth-order valence-electron chi connectivity index (χ4n) is 3.63. The summed E-state index contributed by atoms with van der Waals surface area (Å²) in [5, 5.41) is 5.78. The molecule has 0 radical (unpaired) electrons. The van der Waals surface area contributed by atoms with Crippen LogP contribution in [0.5, 0.6) is 5.75 Å². The highest BCUT2D eigenvalue weighted by Gasteiger charge is 2.35. The van der Waals surface area contributed by atoms with Gasteiger partial charge in [0.25, 0.3) is 0 Å². The Hall–Kier alpha value is -3.86. The van der Waals surface area contributed by atoms with E-state index in [2.05, 4.69) is 10.6 Å². The SMILES string of the molecule is CCOc1ccccc1[C@H]1NC(=O)NC(c2ccccc2)=C1C(=O)c1ccccc1. The summed E-state index contributed by atoms with van der Waals surface area (Å²) < 4.78 is 5.79. The van der Waals surface area contributed by atoms with E-state index in [4.69, 9.17) is 4.74 Å². The average molecular weight is 398 g/mol. The first-order valence-corrected chi connectivity index (χ1v) is 9.87. The summed E-state index contributed by atoms with van der Waals surface area (Å²) in [6.45, 7) is 2.38. The number of urea groups is 1. The third-order valence-electron chi connectivity index (χ3n) is 4.94. The molecule has 1 aliphatic heterocycles. The minimum atomic E-state index is -0.649. The van der Waals surface area contributed by atoms with Gasteiger partial charge in [-0.25, -0.2) is 4.79 Å². The van der Waals surface area contributed by atoms with Crippen molar-refractivity contribution in [2.75, 3.05) is 6.61 Å². The van der Waals surface area contributed by atoms with Gasteiger partial charge < -0.3 is 15.4 Å². The lowest BCUT2D eigenvalue weighted by molar-refractivity contribution is 0.102. The molecule has 0 fully saturated rings. The molecule has 1 atom stereocenters. The first-order valence-electron chi connectivity index (χ1n) is 9.87. The molecule has 3 aromatic rings. The molecule has 0 saturated carbocycles. The zero-order valence-corrected chi connectivity index (χ0v) is 16.6. The van der Waals surface area contributed by atoms with Gasteiger partial charge in [0.05, 0.1) is 23.9 Å². The second-order valence-electron chi connectivity index (χ2n) is 6.85. The number of hydrogen-bond donors (Lipinski definition) is 2. The number of hydrogen-bond acceptors (Lipinski definition) is 3. The molecule has 0 aliphatic carbocycles. The van der Waals surface area contributed by atoms with Crippen molar-refractivity contribution in [2.24, 2.45) is 0 Å². The van der Waals surface area contributed by atoms with Crippen LogP contribution in [-0.2, 0) is 0 Å². The Kier molecular flexibility index (Phi) is 5.61. The lowest BCUT2D eigenvalue weighted by atomic mass is 9.87. The number of nitrogens with one attached hydrogen (secondary N) is 2. The van der Waals surface area contributed by atoms with Gasteiger partial charge in [-0.05, 0) is 18.6 Å². The standard InChI is InChI=1S/C25H22N2O3/c1-2-30-20-16-10-9-15-19(20)23-21(24(28)18-13-7-4-8-14-18)22(26-25(29)27-23)17-11-5-3-6-12-17/h3-16,23H,2H2,1H3,(H2,26,27,29)/t23-/m1/s1. The number of carbonyl (C=O) groups is 2. The van der Waals surface area contributed by atoms with Crippen molar-refractivity contribution in [1.82, 2.24) is 10.6 Å². The largest absolute Gasteiger partial charge is 0.494 e. The Labute approximate surface area is 175 Å². The van der Waals surface area contributed by atoms with Crippen LogP contribution in [0.25, 0.3) is 5.70 Å². The van der Waals surface area contributed by atoms with Gasteiger partial charge in [-0.1, -0.05) is 78.9 Å². The summed E-state index contributed by atoms with van der Waals surface area (Å²) in [4.78, 5) is 26.2. The van der Waals surface area contributed by atoms with Crippen LogP contribution < -0.4 is 15.4 Å². The summed E-state index contributed by atoms with van der Waals surface area (Å²) in [7, 11) is 0. The van der Waals surface area contributed by atoms with Crippen LogP contribution in [0, 0.1) is 0 Å². The van der Waals surface area contributed by atoms with Crippen molar-refractivity contribution in [3.8, 4) is 5.75 Å². The minimum Gasteiger partial charge on any atom is -0.494 e. The topological polar surface area (TPSA) is 67.4 Å². The number of carbonyl (C=O) groups excluding carboxylic acids is 2. The van der Waals surface area contributed by atoms with Crippen molar-refractivity contribution >= 4 is 17.5 Å². The van der Waals surface area contributed by atoms with Crippen molar-refractivity contribution in [2.45, 2.75) is 13.0 Å². The van der Waals surface area contributed by atoms with Crippen LogP contribution in [0.1, 0.15) is 34.5 Å². The van der Waals surface area contributed by atoms with Crippen molar-refractivity contribution in [3.05, 3.63) is 107 Å². The highest BCUT2D eigenvalue weighted by atomic mass is 16.5. The molecule has 5 nitrogen and oxygen atoms in total. The summed E-state index contributed by atoms with van der Waals surface area (Å²) in [5.74, 6) is 0.483. The molecule has 5 heteroatoms. The normalized spacial score (nSPS) is 15.9. The van der Waals surface area contributed by atoms with Gasteiger partial charge in [0.2, 0.25) is 0 Å². The van der Waals surface area contributed by atoms with Crippen LogP contribution in [0.4, 0.5) is 4.79 Å². The van der Waals surface area contributed by atoms with Gasteiger partial charge in [-0.2, -0.15) is 0 Å². The van der Waals surface area contributed by atoms with Gasteiger partial charge in [-0.15, -0.1) is 0 Å². The lowest BCUT2D eigenvalue weighted by Gasteiger charge is -2.31. The van der Waals surface area contributed by atoms with E-state index >= 15 is 0 Å². The molecular weight excluding hydrogens is 376 g/mol. The number of amides is 2. The van der Waals surface area contributed by atoms with E-state index in [1.807, 2.05) is 79.7 Å². The van der Waals surface area contributed by atoms with Gasteiger partial charge >= 0.3 is 6.03 Å². The highest BCUT2D eigenvalue weighted by molar-refractivity contribution is 6.16. The molecule has 150 valence electrons. The van der Waals surface area contributed by atoms with Crippen molar-refractivity contribution in [1.29, 1.82) is 0 Å². The summed E-state index contributed by atoms with van der Waals surface area (Å²) in [6, 6.07) is 24.9. The number of para-hydroxylation sites is 1. The van der Waals surface area contributed by atoms with Crippen LogP contribution in [0.3, 0.4) is 0 Å².